The second kappa shape index (κ2) is 4.33. The van der Waals surface area contributed by atoms with Gasteiger partial charge in [0.1, 0.15) is 5.82 Å². The maximum Gasteiger partial charge on any atom is 0.335 e. The molecule has 1 aromatic carbocycles. The van der Waals surface area contributed by atoms with Crippen LogP contribution in [0.3, 0.4) is 0 Å². The monoisotopic (exact) mass is 231 g/mol. The third-order valence-corrected chi connectivity index (χ3v) is 2.63. The maximum absolute atomic E-state index is 13.6. The number of carbonyl (C=O) groups is 1. The Kier molecular flexibility index (Phi) is 2.87. The molecule has 3 nitrogen and oxygen atoms in total. The van der Waals surface area contributed by atoms with Crippen LogP contribution in [0.15, 0.2) is 36.7 Å². The number of rotatable bonds is 2. The van der Waals surface area contributed by atoms with Crippen LogP contribution in [0.25, 0.3) is 11.1 Å². The molecule has 1 N–H and O–H groups in total. The Morgan fingerprint density at radius 1 is 1.29 bits per heavy atom. The van der Waals surface area contributed by atoms with Gasteiger partial charge in [-0.3, -0.25) is 4.98 Å². The summed E-state index contributed by atoms with van der Waals surface area (Å²) >= 11 is 0. The third kappa shape index (κ3) is 2.01. The minimum atomic E-state index is -1.01. The summed E-state index contributed by atoms with van der Waals surface area (Å²) < 4.78 is 13.6. The Hall–Kier alpha value is -2.23. The van der Waals surface area contributed by atoms with Gasteiger partial charge >= 0.3 is 5.97 Å². The first-order valence-corrected chi connectivity index (χ1v) is 5.04. The molecule has 0 spiro atoms. The molecule has 17 heavy (non-hydrogen) atoms. The van der Waals surface area contributed by atoms with Crippen LogP contribution >= 0.6 is 0 Å². The van der Waals surface area contributed by atoms with Gasteiger partial charge in [-0.05, 0) is 30.2 Å². The smallest absolute Gasteiger partial charge is 0.335 e. The molecule has 1 aromatic heterocycles. The van der Waals surface area contributed by atoms with Gasteiger partial charge in [-0.15, -0.1) is 0 Å². The van der Waals surface area contributed by atoms with Crippen molar-refractivity contribution >= 4 is 5.97 Å². The van der Waals surface area contributed by atoms with Crippen LogP contribution in [0.1, 0.15) is 15.9 Å². The molecule has 4 heteroatoms. The van der Waals surface area contributed by atoms with Crippen molar-refractivity contribution in [2.75, 3.05) is 0 Å². The maximum atomic E-state index is 13.6. The number of nitrogens with zero attached hydrogens (tertiary/aromatic N) is 1. The molecule has 0 amide bonds. The molecule has 2 aromatic rings. The van der Waals surface area contributed by atoms with Crippen LogP contribution in [-0.4, -0.2) is 16.1 Å². The summed E-state index contributed by atoms with van der Waals surface area (Å²) in [6, 6.07) is 6.33. The largest absolute Gasteiger partial charge is 0.478 e. The summed E-state index contributed by atoms with van der Waals surface area (Å²) in [5.41, 5.74) is 1.66. The van der Waals surface area contributed by atoms with E-state index in [0.29, 0.717) is 16.7 Å². The highest BCUT2D eigenvalue weighted by Crippen LogP contribution is 2.27. The quantitative estimate of drug-likeness (QED) is 0.864. The summed E-state index contributed by atoms with van der Waals surface area (Å²) in [7, 11) is 0. The molecule has 0 unspecified atom stereocenters. The van der Waals surface area contributed by atoms with Crippen molar-refractivity contribution in [2.45, 2.75) is 6.92 Å². The third-order valence-electron chi connectivity index (χ3n) is 2.63. The Morgan fingerprint density at radius 2 is 2.06 bits per heavy atom. The number of hydrogen-bond donors (Lipinski definition) is 1. The van der Waals surface area contributed by atoms with Crippen molar-refractivity contribution in [1.82, 2.24) is 4.98 Å². The predicted molar refractivity (Wildman–Crippen MR) is 61.3 cm³/mol. The van der Waals surface area contributed by atoms with E-state index in [0.717, 1.165) is 6.20 Å². The van der Waals surface area contributed by atoms with E-state index in [1.807, 2.05) is 0 Å². The lowest BCUT2D eigenvalue weighted by Gasteiger charge is -2.09. The van der Waals surface area contributed by atoms with Crippen molar-refractivity contribution in [3.8, 4) is 11.1 Å². The summed E-state index contributed by atoms with van der Waals surface area (Å²) in [4.78, 5) is 14.7. The fraction of sp³-hybridized carbons (Fsp3) is 0.0769. The number of aromatic nitrogens is 1. The zero-order valence-corrected chi connectivity index (χ0v) is 9.14. The van der Waals surface area contributed by atoms with Gasteiger partial charge in [-0.25, -0.2) is 9.18 Å². The summed E-state index contributed by atoms with van der Waals surface area (Å²) in [6.07, 6.45) is 2.59. The first kappa shape index (κ1) is 11.3. The zero-order chi connectivity index (χ0) is 12.4. The van der Waals surface area contributed by atoms with E-state index in [2.05, 4.69) is 4.98 Å². The summed E-state index contributed by atoms with van der Waals surface area (Å²) in [6.45, 7) is 1.67. The Balaban J connectivity index is 2.65. The average molecular weight is 231 g/mol. The molecule has 0 aliphatic heterocycles. The minimum Gasteiger partial charge on any atom is -0.478 e. The lowest BCUT2D eigenvalue weighted by molar-refractivity contribution is 0.0696. The van der Waals surface area contributed by atoms with Crippen molar-refractivity contribution in [3.63, 3.8) is 0 Å². The van der Waals surface area contributed by atoms with Crippen LogP contribution in [0.5, 0.6) is 0 Å². The second-order valence-corrected chi connectivity index (χ2v) is 3.64. The van der Waals surface area contributed by atoms with E-state index < -0.39 is 11.8 Å². The van der Waals surface area contributed by atoms with Crippen LogP contribution in [0.4, 0.5) is 4.39 Å². The fourth-order valence-electron chi connectivity index (χ4n) is 1.75. The van der Waals surface area contributed by atoms with Gasteiger partial charge in [0.2, 0.25) is 0 Å². The van der Waals surface area contributed by atoms with Crippen molar-refractivity contribution in [3.05, 3.63) is 53.6 Å². The zero-order valence-electron chi connectivity index (χ0n) is 9.14. The standard InChI is InChI=1S/C13H10FNO2/c1-8-9(3-2-4-10(8)13(16)17)11-5-6-15-7-12(11)14/h2-7H,1H3,(H,16,17). The number of halogens is 1. The molecule has 0 radical (unpaired) electrons. The molecule has 0 aliphatic carbocycles. The molecule has 1 heterocycles. The van der Waals surface area contributed by atoms with Gasteiger partial charge in [0.25, 0.3) is 0 Å². The lowest BCUT2D eigenvalue weighted by atomic mass is 9.97. The van der Waals surface area contributed by atoms with E-state index in [1.54, 1.807) is 19.1 Å². The normalized spacial score (nSPS) is 10.2. The van der Waals surface area contributed by atoms with Gasteiger partial charge in [-0.2, -0.15) is 0 Å². The Morgan fingerprint density at radius 3 is 2.71 bits per heavy atom. The lowest BCUT2D eigenvalue weighted by Crippen LogP contribution is -2.01. The van der Waals surface area contributed by atoms with Gasteiger partial charge in [-0.1, -0.05) is 12.1 Å². The highest BCUT2D eigenvalue weighted by molar-refractivity contribution is 5.92. The van der Waals surface area contributed by atoms with E-state index in [-0.39, 0.29) is 5.56 Å². The topological polar surface area (TPSA) is 50.2 Å². The number of benzene rings is 1. The molecule has 86 valence electrons. The van der Waals surface area contributed by atoms with Gasteiger partial charge in [0.05, 0.1) is 11.8 Å². The molecule has 0 aliphatic rings. The van der Waals surface area contributed by atoms with E-state index in [4.69, 9.17) is 5.11 Å². The summed E-state index contributed by atoms with van der Waals surface area (Å²) in [5, 5.41) is 9.00. The Labute approximate surface area is 97.6 Å². The second-order valence-electron chi connectivity index (χ2n) is 3.64. The van der Waals surface area contributed by atoms with Gasteiger partial charge in [0.15, 0.2) is 0 Å². The number of pyridine rings is 1. The molecule has 2 rings (SSSR count). The van der Waals surface area contributed by atoms with E-state index >= 15 is 0 Å². The van der Waals surface area contributed by atoms with Gasteiger partial charge < -0.3 is 5.11 Å². The van der Waals surface area contributed by atoms with Crippen LogP contribution in [0, 0.1) is 12.7 Å². The first-order valence-electron chi connectivity index (χ1n) is 5.04. The minimum absolute atomic E-state index is 0.179. The highest BCUT2D eigenvalue weighted by atomic mass is 19.1. The van der Waals surface area contributed by atoms with Crippen LogP contribution in [0.2, 0.25) is 0 Å². The average Bonchev–Trinajstić information content (AvgIpc) is 2.30. The Bertz CT molecular complexity index is 581. The van der Waals surface area contributed by atoms with Crippen LogP contribution in [-0.2, 0) is 0 Å². The number of carboxylic acid groups (broad SMARTS) is 1. The fourth-order valence-corrected chi connectivity index (χ4v) is 1.75. The van der Waals surface area contributed by atoms with E-state index in [1.165, 1.54) is 18.3 Å². The molecule has 0 saturated carbocycles. The van der Waals surface area contributed by atoms with Crippen molar-refractivity contribution in [1.29, 1.82) is 0 Å². The predicted octanol–water partition coefficient (Wildman–Crippen LogP) is 2.89. The highest BCUT2D eigenvalue weighted by Gasteiger charge is 2.13. The van der Waals surface area contributed by atoms with Crippen molar-refractivity contribution < 1.29 is 14.3 Å². The van der Waals surface area contributed by atoms with Gasteiger partial charge in [0, 0.05) is 11.8 Å². The number of carboxylic acids is 1. The molecular formula is C13H10FNO2. The summed E-state index contributed by atoms with van der Waals surface area (Å²) in [5.74, 6) is -1.48. The SMILES string of the molecule is Cc1c(C(=O)O)cccc1-c1ccncc1F. The first-order chi connectivity index (χ1) is 8.11. The van der Waals surface area contributed by atoms with E-state index in [9.17, 15) is 9.18 Å². The number of hydrogen-bond acceptors (Lipinski definition) is 2. The molecule has 0 saturated heterocycles. The molecule has 0 fully saturated rings. The van der Waals surface area contributed by atoms with Crippen LogP contribution < -0.4 is 0 Å². The molecule has 0 bridgehead atoms. The number of aromatic carboxylic acids is 1. The molecular weight excluding hydrogens is 221 g/mol. The van der Waals surface area contributed by atoms with Crippen molar-refractivity contribution in [2.24, 2.45) is 0 Å². The molecule has 0 atom stereocenters.